The Bertz CT molecular complexity index is 975. The predicted molar refractivity (Wildman–Crippen MR) is 117 cm³/mol. The average Bonchev–Trinajstić information content (AvgIpc) is 3.18. The fourth-order valence-corrected chi connectivity index (χ4v) is 3.47. The molecular weight excluding hydrogens is 412 g/mol. The van der Waals surface area contributed by atoms with E-state index in [0.717, 1.165) is 5.56 Å². The Hall–Kier alpha value is -3.68. The Balaban J connectivity index is 1.47. The van der Waals surface area contributed by atoms with Gasteiger partial charge in [-0.15, -0.1) is 0 Å². The van der Waals surface area contributed by atoms with Crippen LogP contribution in [0.3, 0.4) is 0 Å². The van der Waals surface area contributed by atoms with E-state index in [0.29, 0.717) is 13.0 Å². The second-order valence-corrected chi connectivity index (χ2v) is 7.40. The van der Waals surface area contributed by atoms with Crippen LogP contribution in [0.4, 0.5) is 5.69 Å². The molecule has 2 aromatic carbocycles. The van der Waals surface area contributed by atoms with Crippen LogP contribution in [0.15, 0.2) is 54.6 Å². The first-order valence-corrected chi connectivity index (χ1v) is 10.5. The number of anilines is 1. The summed E-state index contributed by atoms with van der Waals surface area (Å²) >= 11 is 0. The van der Waals surface area contributed by atoms with Gasteiger partial charge in [0.1, 0.15) is 0 Å². The Labute approximate surface area is 186 Å². The lowest BCUT2D eigenvalue weighted by molar-refractivity contribution is -0.151. The number of likely N-dealkylation sites (tertiary alicyclic amines) is 1. The standard InChI is InChI=1S/C24H26N2O6/c1-2-31-24(30)19-10-6-7-11-20(19)25-21(27)16-32-23(29)18-14-22(28)26(15-18)13-12-17-8-4-3-5-9-17/h3-11,18H,2,12-16H2,1H3,(H,25,27)/t18-/m0/s1. The van der Waals surface area contributed by atoms with Gasteiger partial charge in [-0.2, -0.15) is 0 Å². The smallest absolute Gasteiger partial charge is 0.340 e. The van der Waals surface area contributed by atoms with E-state index in [2.05, 4.69) is 5.32 Å². The number of ether oxygens (including phenoxy) is 2. The summed E-state index contributed by atoms with van der Waals surface area (Å²) < 4.78 is 10.1. The highest BCUT2D eigenvalue weighted by atomic mass is 16.5. The summed E-state index contributed by atoms with van der Waals surface area (Å²) in [6.45, 7) is 2.19. The molecule has 1 saturated heterocycles. The van der Waals surface area contributed by atoms with Crippen molar-refractivity contribution < 1.29 is 28.7 Å². The SMILES string of the molecule is CCOC(=O)c1ccccc1NC(=O)COC(=O)[C@H]1CC(=O)N(CCc2ccccc2)C1. The number of hydrogen-bond acceptors (Lipinski definition) is 6. The minimum absolute atomic E-state index is 0.0704. The molecule has 0 spiro atoms. The van der Waals surface area contributed by atoms with Crippen LogP contribution < -0.4 is 5.32 Å². The molecule has 1 fully saturated rings. The third kappa shape index (κ3) is 6.16. The first-order chi connectivity index (χ1) is 15.5. The number of hydrogen-bond donors (Lipinski definition) is 1. The first-order valence-electron chi connectivity index (χ1n) is 10.5. The fraction of sp³-hybridized carbons (Fsp3) is 0.333. The maximum atomic E-state index is 12.4. The van der Waals surface area contributed by atoms with Gasteiger partial charge in [-0.05, 0) is 31.0 Å². The summed E-state index contributed by atoms with van der Waals surface area (Å²) in [5.41, 5.74) is 1.60. The summed E-state index contributed by atoms with van der Waals surface area (Å²) in [6.07, 6.45) is 0.775. The lowest BCUT2D eigenvalue weighted by atomic mass is 10.1. The van der Waals surface area contributed by atoms with E-state index in [1.54, 1.807) is 30.0 Å². The van der Waals surface area contributed by atoms with Crippen molar-refractivity contribution in [2.24, 2.45) is 5.92 Å². The highest BCUT2D eigenvalue weighted by Gasteiger charge is 2.35. The van der Waals surface area contributed by atoms with Crippen LogP contribution in [0.5, 0.6) is 0 Å². The molecule has 0 unspecified atom stereocenters. The quantitative estimate of drug-likeness (QED) is 0.604. The van der Waals surface area contributed by atoms with E-state index in [4.69, 9.17) is 9.47 Å². The van der Waals surface area contributed by atoms with E-state index in [9.17, 15) is 19.2 Å². The van der Waals surface area contributed by atoms with Gasteiger partial charge in [0.15, 0.2) is 6.61 Å². The number of esters is 2. The largest absolute Gasteiger partial charge is 0.462 e. The highest BCUT2D eigenvalue weighted by molar-refractivity contribution is 6.02. The molecule has 0 radical (unpaired) electrons. The number of nitrogens with zero attached hydrogens (tertiary/aromatic N) is 1. The van der Waals surface area contributed by atoms with Crippen molar-refractivity contribution >= 4 is 29.4 Å². The molecule has 8 heteroatoms. The molecule has 1 N–H and O–H groups in total. The van der Waals surface area contributed by atoms with Gasteiger partial charge in [-0.1, -0.05) is 42.5 Å². The van der Waals surface area contributed by atoms with Crippen LogP contribution >= 0.6 is 0 Å². The van der Waals surface area contributed by atoms with Crippen molar-refractivity contribution in [2.75, 3.05) is 31.6 Å². The Morgan fingerprint density at radius 2 is 1.75 bits per heavy atom. The van der Waals surface area contributed by atoms with Crippen molar-refractivity contribution in [1.29, 1.82) is 0 Å². The van der Waals surface area contributed by atoms with Gasteiger partial charge in [0.05, 0.1) is 23.8 Å². The summed E-state index contributed by atoms with van der Waals surface area (Å²) in [5, 5.41) is 2.56. The molecule has 8 nitrogen and oxygen atoms in total. The third-order valence-corrected chi connectivity index (χ3v) is 5.10. The van der Waals surface area contributed by atoms with Gasteiger partial charge < -0.3 is 19.7 Å². The van der Waals surface area contributed by atoms with Crippen LogP contribution in [0.1, 0.15) is 29.3 Å². The zero-order valence-corrected chi connectivity index (χ0v) is 17.9. The zero-order valence-electron chi connectivity index (χ0n) is 17.9. The van der Waals surface area contributed by atoms with Crippen molar-refractivity contribution in [3.8, 4) is 0 Å². The molecule has 3 rings (SSSR count). The lowest BCUT2D eigenvalue weighted by Crippen LogP contribution is -2.30. The van der Waals surface area contributed by atoms with Gasteiger partial charge in [0.25, 0.3) is 5.91 Å². The Morgan fingerprint density at radius 1 is 1.03 bits per heavy atom. The average molecular weight is 438 g/mol. The lowest BCUT2D eigenvalue weighted by Gasteiger charge is -2.16. The minimum atomic E-state index is -0.599. The van der Waals surface area contributed by atoms with Crippen LogP contribution in [0.25, 0.3) is 0 Å². The van der Waals surface area contributed by atoms with Crippen LogP contribution in [0, 0.1) is 5.92 Å². The molecule has 1 atom stereocenters. The summed E-state index contributed by atoms with van der Waals surface area (Å²) in [4.78, 5) is 50.5. The highest BCUT2D eigenvalue weighted by Crippen LogP contribution is 2.20. The number of carbonyl (C=O) groups excluding carboxylic acids is 4. The van der Waals surface area contributed by atoms with E-state index in [-0.39, 0.29) is 36.7 Å². The fourth-order valence-electron chi connectivity index (χ4n) is 3.47. The van der Waals surface area contributed by atoms with Crippen LogP contribution in [0.2, 0.25) is 0 Å². The van der Waals surface area contributed by atoms with E-state index in [1.165, 1.54) is 6.07 Å². The number of para-hydroxylation sites is 1. The van der Waals surface area contributed by atoms with Gasteiger partial charge in [0, 0.05) is 19.5 Å². The Kier molecular flexibility index (Phi) is 7.96. The summed E-state index contributed by atoms with van der Waals surface area (Å²) in [5.74, 6) is -2.43. The predicted octanol–water partition coefficient (Wildman–Crippen LogP) is 2.44. The van der Waals surface area contributed by atoms with Crippen molar-refractivity contribution in [1.82, 2.24) is 4.90 Å². The molecule has 2 amide bonds. The van der Waals surface area contributed by atoms with Gasteiger partial charge in [-0.25, -0.2) is 4.79 Å². The van der Waals surface area contributed by atoms with Crippen molar-refractivity contribution in [3.05, 3.63) is 65.7 Å². The molecule has 0 bridgehead atoms. The van der Waals surface area contributed by atoms with Crippen LogP contribution in [-0.2, 0) is 30.3 Å². The number of carbonyl (C=O) groups is 4. The normalized spacial score (nSPS) is 15.3. The van der Waals surface area contributed by atoms with E-state index < -0.39 is 30.4 Å². The minimum Gasteiger partial charge on any atom is -0.462 e. The number of nitrogens with one attached hydrogen (secondary N) is 1. The van der Waals surface area contributed by atoms with Crippen LogP contribution in [-0.4, -0.2) is 55.0 Å². The monoisotopic (exact) mass is 438 g/mol. The third-order valence-electron chi connectivity index (χ3n) is 5.10. The number of amides is 2. The van der Waals surface area contributed by atoms with E-state index in [1.807, 2.05) is 30.3 Å². The van der Waals surface area contributed by atoms with Gasteiger partial charge in [-0.3, -0.25) is 14.4 Å². The Morgan fingerprint density at radius 3 is 2.50 bits per heavy atom. The molecule has 1 aliphatic heterocycles. The summed E-state index contributed by atoms with van der Waals surface area (Å²) in [6, 6.07) is 16.2. The number of rotatable bonds is 9. The second-order valence-electron chi connectivity index (χ2n) is 7.40. The molecule has 2 aromatic rings. The molecule has 0 aromatic heterocycles. The molecule has 32 heavy (non-hydrogen) atoms. The zero-order chi connectivity index (χ0) is 22.9. The summed E-state index contributed by atoms with van der Waals surface area (Å²) in [7, 11) is 0. The van der Waals surface area contributed by atoms with Crippen molar-refractivity contribution in [2.45, 2.75) is 19.8 Å². The molecule has 0 saturated carbocycles. The molecular formula is C24H26N2O6. The molecule has 168 valence electrons. The second kappa shape index (κ2) is 11.1. The first kappa shape index (κ1) is 23.0. The molecule has 0 aliphatic carbocycles. The van der Waals surface area contributed by atoms with Gasteiger partial charge in [0.2, 0.25) is 5.91 Å². The molecule has 1 aliphatic rings. The maximum absolute atomic E-state index is 12.4. The molecule has 1 heterocycles. The maximum Gasteiger partial charge on any atom is 0.340 e. The van der Waals surface area contributed by atoms with Gasteiger partial charge >= 0.3 is 11.9 Å². The number of benzene rings is 2. The van der Waals surface area contributed by atoms with Crippen molar-refractivity contribution in [3.63, 3.8) is 0 Å². The van der Waals surface area contributed by atoms with E-state index >= 15 is 0 Å². The topological polar surface area (TPSA) is 102 Å².